The van der Waals surface area contributed by atoms with Crippen LogP contribution in [0.3, 0.4) is 0 Å². The van der Waals surface area contributed by atoms with Gasteiger partial charge in [-0.1, -0.05) is 66.8 Å². The van der Waals surface area contributed by atoms with Crippen molar-refractivity contribution in [3.63, 3.8) is 0 Å². The molecule has 2 aromatic carbocycles. The summed E-state index contributed by atoms with van der Waals surface area (Å²) < 4.78 is 5.35. The molecule has 1 aromatic heterocycles. The molecule has 0 unspecified atom stereocenters. The maximum Gasteiger partial charge on any atom is 0.341 e. The molecule has 0 saturated heterocycles. The van der Waals surface area contributed by atoms with Gasteiger partial charge in [-0.2, -0.15) is 0 Å². The summed E-state index contributed by atoms with van der Waals surface area (Å²) in [7, 11) is 0. The van der Waals surface area contributed by atoms with E-state index in [1.54, 1.807) is 13.0 Å². The van der Waals surface area contributed by atoms with Gasteiger partial charge in [-0.15, -0.1) is 0 Å². The summed E-state index contributed by atoms with van der Waals surface area (Å²) in [6.45, 7) is 2.12. The van der Waals surface area contributed by atoms with Crippen molar-refractivity contribution in [2.24, 2.45) is 0 Å². The molecule has 0 aliphatic rings. The highest BCUT2D eigenvalue weighted by Gasteiger charge is 2.09. The van der Waals surface area contributed by atoms with Crippen molar-refractivity contribution >= 4 is 29.1 Å². The van der Waals surface area contributed by atoms with E-state index in [-0.39, 0.29) is 5.97 Å². The van der Waals surface area contributed by atoms with Gasteiger partial charge in [0.25, 0.3) is 0 Å². The number of esters is 1. The third-order valence-corrected chi connectivity index (χ3v) is 3.24. The van der Waals surface area contributed by atoms with Crippen molar-refractivity contribution in [2.45, 2.75) is 6.92 Å². The number of hydrogen-bond donors (Lipinski definition) is 1. The minimum Gasteiger partial charge on any atom is -0.462 e. The Bertz CT molecular complexity index is 770. The van der Waals surface area contributed by atoms with Gasteiger partial charge in [-0.25, -0.2) is 4.79 Å². The van der Waals surface area contributed by atoms with E-state index in [0.717, 1.165) is 10.9 Å². The van der Waals surface area contributed by atoms with Crippen LogP contribution in [0.15, 0.2) is 66.7 Å². The van der Waals surface area contributed by atoms with Crippen LogP contribution >= 0.6 is 12.2 Å². The largest absolute Gasteiger partial charge is 0.462 e. The number of rotatable bonds is 2. The Morgan fingerprint density at radius 3 is 2.23 bits per heavy atom. The number of carbonyl (C=O) groups is 1. The van der Waals surface area contributed by atoms with E-state index in [0.29, 0.717) is 16.8 Å². The molecule has 0 bridgehead atoms. The van der Waals surface area contributed by atoms with Crippen LogP contribution in [0.1, 0.15) is 17.3 Å². The molecule has 112 valence electrons. The minimum atomic E-state index is -0.380. The Balaban J connectivity index is 0.000000246. The van der Waals surface area contributed by atoms with Gasteiger partial charge < -0.3 is 9.72 Å². The van der Waals surface area contributed by atoms with Crippen LogP contribution in [-0.2, 0) is 4.74 Å². The van der Waals surface area contributed by atoms with Gasteiger partial charge in [0.05, 0.1) is 12.2 Å². The van der Waals surface area contributed by atoms with Gasteiger partial charge in [0.2, 0.25) is 0 Å². The van der Waals surface area contributed by atoms with Crippen molar-refractivity contribution in [3.05, 3.63) is 76.9 Å². The second kappa shape index (κ2) is 8.10. The molecule has 22 heavy (non-hydrogen) atoms. The fourth-order valence-corrected chi connectivity index (χ4v) is 2.14. The summed E-state index contributed by atoms with van der Waals surface area (Å²) in [6, 6.07) is 21.4. The van der Waals surface area contributed by atoms with Crippen molar-refractivity contribution in [3.8, 4) is 0 Å². The number of ether oxygens (including phenoxy) is 1. The summed E-state index contributed by atoms with van der Waals surface area (Å²) in [5, 5.41) is 0.944. The molecule has 0 aliphatic carbocycles. The third kappa shape index (κ3) is 4.27. The summed E-state index contributed by atoms with van der Waals surface area (Å²) in [6.07, 6.45) is 0. The zero-order valence-electron chi connectivity index (χ0n) is 12.3. The van der Waals surface area contributed by atoms with Crippen molar-refractivity contribution < 1.29 is 9.53 Å². The van der Waals surface area contributed by atoms with Gasteiger partial charge >= 0.3 is 5.97 Å². The summed E-state index contributed by atoms with van der Waals surface area (Å²) in [5.74, 6) is -0.380. The fourth-order valence-electron chi connectivity index (χ4n) is 1.89. The van der Waals surface area contributed by atoms with Crippen LogP contribution in [-0.4, -0.2) is 17.6 Å². The SMILES string of the molecule is CCOC(=O)c1cc2ccccc2[nH]c1=S.c1ccccc1. The van der Waals surface area contributed by atoms with E-state index in [1.807, 2.05) is 60.7 Å². The predicted octanol–water partition coefficient (Wildman–Crippen LogP) is 4.76. The molecule has 0 atom stereocenters. The first kappa shape index (κ1) is 15.9. The summed E-state index contributed by atoms with van der Waals surface area (Å²) >= 11 is 5.11. The maximum absolute atomic E-state index is 11.6. The third-order valence-electron chi connectivity index (χ3n) is 2.92. The Labute approximate surface area is 134 Å². The second-order valence-electron chi connectivity index (χ2n) is 4.47. The normalized spacial score (nSPS) is 9.68. The number of para-hydroxylation sites is 1. The van der Waals surface area contributed by atoms with E-state index < -0.39 is 0 Å². The predicted molar refractivity (Wildman–Crippen MR) is 91.5 cm³/mol. The lowest BCUT2D eigenvalue weighted by molar-refractivity contribution is 0.0525. The molecule has 3 aromatic rings. The average molecular weight is 311 g/mol. The average Bonchev–Trinajstić information content (AvgIpc) is 2.56. The molecule has 1 heterocycles. The Kier molecular flexibility index (Phi) is 5.86. The lowest BCUT2D eigenvalue weighted by Gasteiger charge is -2.04. The molecule has 3 nitrogen and oxygen atoms in total. The first-order valence-corrected chi connectivity index (χ1v) is 7.42. The number of benzene rings is 2. The van der Waals surface area contributed by atoms with Crippen molar-refractivity contribution in [1.29, 1.82) is 0 Å². The minimum absolute atomic E-state index is 0.348. The summed E-state index contributed by atoms with van der Waals surface area (Å²) in [5.41, 5.74) is 1.33. The van der Waals surface area contributed by atoms with Crippen LogP contribution < -0.4 is 0 Å². The topological polar surface area (TPSA) is 42.1 Å². The fraction of sp³-hybridized carbons (Fsp3) is 0.111. The highest BCUT2D eigenvalue weighted by molar-refractivity contribution is 7.71. The second-order valence-corrected chi connectivity index (χ2v) is 4.88. The number of hydrogen-bond acceptors (Lipinski definition) is 3. The molecule has 0 fully saturated rings. The Hall–Kier alpha value is -2.46. The maximum atomic E-state index is 11.6. The van der Waals surface area contributed by atoms with Gasteiger partial charge in [0.15, 0.2) is 0 Å². The van der Waals surface area contributed by atoms with Crippen LogP contribution in [0, 0.1) is 4.64 Å². The van der Waals surface area contributed by atoms with Crippen LogP contribution in [0.2, 0.25) is 0 Å². The molecule has 4 heteroatoms. The zero-order valence-corrected chi connectivity index (χ0v) is 13.1. The first-order chi connectivity index (χ1) is 10.7. The van der Waals surface area contributed by atoms with Gasteiger partial charge in [0, 0.05) is 5.52 Å². The molecule has 0 saturated carbocycles. The molecule has 0 aliphatic heterocycles. The first-order valence-electron chi connectivity index (χ1n) is 7.01. The highest BCUT2D eigenvalue weighted by Crippen LogP contribution is 2.14. The van der Waals surface area contributed by atoms with Crippen molar-refractivity contribution in [1.82, 2.24) is 4.98 Å². The number of aromatic amines is 1. The zero-order chi connectivity index (χ0) is 15.8. The molecule has 0 radical (unpaired) electrons. The smallest absolute Gasteiger partial charge is 0.341 e. The van der Waals surface area contributed by atoms with E-state index in [2.05, 4.69) is 4.98 Å². The molecular weight excluding hydrogens is 294 g/mol. The molecule has 0 spiro atoms. The van der Waals surface area contributed by atoms with Crippen molar-refractivity contribution in [2.75, 3.05) is 6.61 Å². The monoisotopic (exact) mass is 311 g/mol. The van der Waals surface area contributed by atoms with E-state index >= 15 is 0 Å². The molecule has 0 amide bonds. The lowest BCUT2D eigenvalue weighted by Crippen LogP contribution is -2.06. The number of pyridine rings is 1. The lowest BCUT2D eigenvalue weighted by atomic mass is 10.1. The van der Waals surface area contributed by atoms with Crippen LogP contribution in [0.4, 0.5) is 0 Å². The number of nitrogens with one attached hydrogen (secondary N) is 1. The number of H-pyrrole nitrogens is 1. The Morgan fingerprint density at radius 1 is 1.05 bits per heavy atom. The van der Waals surface area contributed by atoms with E-state index in [1.165, 1.54) is 0 Å². The number of carbonyl (C=O) groups excluding carboxylic acids is 1. The van der Waals surface area contributed by atoms with Crippen LogP contribution in [0.5, 0.6) is 0 Å². The number of aromatic nitrogens is 1. The molecule has 1 N–H and O–H groups in total. The highest BCUT2D eigenvalue weighted by atomic mass is 32.1. The van der Waals surface area contributed by atoms with E-state index in [4.69, 9.17) is 17.0 Å². The standard InChI is InChI=1S/C12H11NO2S.C6H6/c1-2-15-12(14)9-7-8-5-3-4-6-10(8)13-11(9)16;1-2-4-6-5-3-1/h3-7H,2H2,1H3,(H,13,16);1-6H. The van der Waals surface area contributed by atoms with Crippen LogP contribution in [0.25, 0.3) is 10.9 Å². The summed E-state index contributed by atoms with van der Waals surface area (Å²) in [4.78, 5) is 14.6. The molecular formula is C18H17NO2S. The number of fused-ring (bicyclic) bond motifs is 1. The van der Waals surface area contributed by atoms with Gasteiger partial charge in [-0.05, 0) is 24.4 Å². The van der Waals surface area contributed by atoms with Gasteiger partial charge in [0.1, 0.15) is 4.64 Å². The Morgan fingerprint density at radius 2 is 1.64 bits per heavy atom. The quantitative estimate of drug-likeness (QED) is 0.548. The van der Waals surface area contributed by atoms with E-state index in [9.17, 15) is 4.79 Å². The molecule has 3 rings (SSSR count). The van der Waals surface area contributed by atoms with Gasteiger partial charge in [-0.3, -0.25) is 0 Å².